The monoisotopic (exact) mass is 584 g/mol. The normalized spacial score (nSPS) is 11.2. The summed E-state index contributed by atoms with van der Waals surface area (Å²) in [5.41, 5.74) is 7.32. The van der Waals surface area contributed by atoms with Gasteiger partial charge in [-0.3, -0.25) is 9.78 Å². The summed E-state index contributed by atoms with van der Waals surface area (Å²) < 4.78 is 39.0. The number of carbonyl (C=O) groups is 2. The van der Waals surface area contributed by atoms with Gasteiger partial charge in [0.1, 0.15) is 17.8 Å². The lowest BCUT2D eigenvalue weighted by molar-refractivity contribution is -0.141. The highest BCUT2D eigenvalue weighted by Gasteiger charge is 2.33. The standard InChI is InChI=1S/C13H17N3.C10H10F3N3O2.C6H8N2/c1-4-15(3)13-11(2)10-14-16(13)12-8-6-5-7-9-12;1-2-6(5-17)15-9(18)8-14-4-3-7(16-8)10(11,12)13;7-5-6-3-1-2-4-8-6/h5-10H,4H2,1-3H3;3-6H,2H2,1H3,(H,15,18);1-4H,5,7H2. The highest BCUT2D eigenvalue weighted by atomic mass is 19.4. The van der Waals surface area contributed by atoms with E-state index in [1.54, 1.807) is 13.1 Å². The fraction of sp³-hybridized carbons (Fsp3) is 0.310. The number of para-hydroxylation sites is 1. The van der Waals surface area contributed by atoms with Crippen LogP contribution in [0, 0.1) is 6.92 Å². The van der Waals surface area contributed by atoms with Crippen molar-refractivity contribution in [3.8, 4) is 5.69 Å². The van der Waals surface area contributed by atoms with E-state index in [0.717, 1.165) is 29.9 Å². The quantitative estimate of drug-likeness (QED) is 0.292. The number of nitrogens with zero attached hydrogens (tertiary/aromatic N) is 6. The fourth-order valence-corrected chi connectivity index (χ4v) is 3.40. The number of carbonyl (C=O) groups excluding carboxylic acids is 2. The molecule has 4 rings (SSSR count). The zero-order valence-corrected chi connectivity index (χ0v) is 23.9. The SMILES string of the molecule is CCC(C=O)NC(=O)c1nccc(C(F)(F)F)n1.CCN(C)c1c(C)cnn1-c1ccccc1.NCc1ccccn1. The molecule has 0 fully saturated rings. The minimum absolute atomic E-state index is 0.328. The van der Waals surface area contributed by atoms with Gasteiger partial charge in [-0.2, -0.15) is 18.3 Å². The third-order valence-corrected chi connectivity index (χ3v) is 5.76. The number of anilines is 1. The van der Waals surface area contributed by atoms with E-state index in [1.807, 2.05) is 47.3 Å². The Labute approximate surface area is 242 Å². The largest absolute Gasteiger partial charge is 0.433 e. The number of aldehydes is 1. The van der Waals surface area contributed by atoms with Crippen molar-refractivity contribution in [1.29, 1.82) is 0 Å². The second kappa shape index (κ2) is 16.6. The van der Waals surface area contributed by atoms with Crippen molar-refractivity contribution in [2.24, 2.45) is 5.73 Å². The number of nitrogens with one attached hydrogen (secondary N) is 1. The maximum Gasteiger partial charge on any atom is 0.433 e. The van der Waals surface area contributed by atoms with Crippen LogP contribution in [-0.4, -0.2) is 56.6 Å². The first-order chi connectivity index (χ1) is 20.0. The van der Waals surface area contributed by atoms with Crippen LogP contribution in [0.3, 0.4) is 0 Å². The summed E-state index contributed by atoms with van der Waals surface area (Å²) in [5.74, 6) is -0.376. The first-order valence-electron chi connectivity index (χ1n) is 13.1. The van der Waals surface area contributed by atoms with E-state index < -0.39 is 29.6 Å². The van der Waals surface area contributed by atoms with Crippen LogP contribution in [0.2, 0.25) is 0 Å². The lowest BCUT2D eigenvalue weighted by Gasteiger charge is -2.19. The van der Waals surface area contributed by atoms with Gasteiger partial charge < -0.3 is 20.7 Å². The average Bonchev–Trinajstić information content (AvgIpc) is 3.41. The lowest BCUT2D eigenvalue weighted by Crippen LogP contribution is -2.36. The molecule has 13 heteroatoms. The Hall–Kier alpha value is -4.65. The van der Waals surface area contributed by atoms with Gasteiger partial charge >= 0.3 is 6.18 Å². The Morgan fingerprint density at radius 3 is 2.29 bits per heavy atom. The number of rotatable bonds is 8. The molecule has 224 valence electrons. The summed E-state index contributed by atoms with van der Waals surface area (Å²) in [7, 11) is 2.09. The van der Waals surface area contributed by atoms with Crippen molar-refractivity contribution < 1.29 is 22.8 Å². The number of halogens is 3. The van der Waals surface area contributed by atoms with Crippen molar-refractivity contribution in [3.63, 3.8) is 0 Å². The number of hydrogen-bond acceptors (Lipinski definition) is 8. The fourth-order valence-electron chi connectivity index (χ4n) is 3.40. The van der Waals surface area contributed by atoms with Crippen LogP contribution in [0.25, 0.3) is 5.69 Å². The van der Waals surface area contributed by atoms with Gasteiger partial charge in [0.05, 0.1) is 23.6 Å². The zero-order valence-electron chi connectivity index (χ0n) is 23.9. The van der Waals surface area contributed by atoms with Gasteiger partial charge in [-0.1, -0.05) is 31.2 Å². The highest BCUT2D eigenvalue weighted by Crippen LogP contribution is 2.27. The van der Waals surface area contributed by atoms with E-state index in [-0.39, 0.29) is 0 Å². The number of benzene rings is 1. The van der Waals surface area contributed by atoms with Gasteiger partial charge in [-0.15, -0.1) is 0 Å². The van der Waals surface area contributed by atoms with Crippen molar-refractivity contribution in [2.75, 3.05) is 18.5 Å². The van der Waals surface area contributed by atoms with E-state index in [1.165, 1.54) is 5.56 Å². The second-order valence-electron chi connectivity index (χ2n) is 8.83. The number of aryl methyl sites for hydroxylation is 1. The molecule has 0 saturated carbocycles. The van der Waals surface area contributed by atoms with Crippen molar-refractivity contribution in [1.82, 2.24) is 30.0 Å². The Morgan fingerprint density at radius 1 is 1.07 bits per heavy atom. The number of nitrogens with two attached hydrogens (primary N) is 1. The van der Waals surface area contributed by atoms with E-state index in [0.29, 0.717) is 25.3 Å². The summed E-state index contributed by atoms with van der Waals surface area (Å²) in [6.07, 6.45) is 0.662. The summed E-state index contributed by atoms with van der Waals surface area (Å²) in [6.45, 7) is 7.38. The van der Waals surface area contributed by atoms with Crippen LogP contribution < -0.4 is 16.0 Å². The topological polar surface area (TPSA) is 132 Å². The van der Waals surface area contributed by atoms with Crippen molar-refractivity contribution >= 4 is 18.0 Å². The van der Waals surface area contributed by atoms with Gasteiger partial charge in [-0.05, 0) is 50.6 Å². The van der Waals surface area contributed by atoms with E-state index >= 15 is 0 Å². The van der Waals surface area contributed by atoms with Gasteiger partial charge in [0.2, 0.25) is 5.82 Å². The van der Waals surface area contributed by atoms with Gasteiger partial charge in [0.15, 0.2) is 0 Å². The van der Waals surface area contributed by atoms with E-state index in [4.69, 9.17) is 5.73 Å². The van der Waals surface area contributed by atoms with Crippen LogP contribution in [0.5, 0.6) is 0 Å². The number of pyridine rings is 1. The molecule has 0 aliphatic rings. The average molecular weight is 585 g/mol. The number of amides is 1. The predicted octanol–water partition coefficient (Wildman–Crippen LogP) is 4.38. The smallest absolute Gasteiger partial charge is 0.360 e. The molecule has 42 heavy (non-hydrogen) atoms. The Balaban J connectivity index is 0.000000235. The molecule has 0 aliphatic heterocycles. The molecular weight excluding hydrogens is 549 g/mol. The third-order valence-electron chi connectivity index (χ3n) is 5.76. The first-order valence-corrected chi connectivity index (χ1v) is 13.1. The molecular formula is C29H35F3N8O2. The molecule has 0 saturated heterocycles. The summed E-state index contributed by atoms with van der Waals surface area (Å²) in [6, 6.07) is 15.8. The van der Waals surface area contributed by atoms with Crippen LogP contribution in [-0.2, 0) is 17.5 Å². The molecule has 1 aromatic carbocycles. The number of aromatic nitrogens is 5. The molecule has 0 bridgehead atoms. The van der Waals surface area contributed by atoms with Crippen molar-refractivity contribution in [3.05, 3.63) is 96.0 Å². The minimum atomic E-state index is -4.65. The predicted molar refractivity (Wildman–Crippen MR) is 154 cm³/mol. The molecule has 4 aromatic rings. The maximum atomic E-state index is 12.3. The molecule has 0 radical (unpaired) electrons. The molecule has 1 atom stereocenters. The summed E-state index contributed by atoms with van der Waals surface area (Å²) >= 11 is 0. The zero-order chi connectivity index (χ0) is 31.1. The summed E-state index contributed by atoms with van der Waals surface area (Å²) in [5, 5.41) is 6.64. The molecule has 3 N–H and O–H groups in total. The second-order valence-corrected chi connectivity index (χ2v) is 8.83. The molecule has 0 spiro atoms. The van der Waals surface area contributed by atoms with Crippen LogP contribution in [0.4, 0.5) is 19.0 Å². The van der Waals surface area contributed by atoms with E-state index in [2.05, 4.69) is 63.3 Å². The number of alkyl halides is 3. The van der Waals surface area contributed by atoms with Crippen LogP contribution >= 0.6 is 0 Å². The third kappa shape index (κ3) is 10.1. The molecule has 1 unspecified atom stereocenters. The number of hydrogen-bond donors (Lipinski definition) is 2. The maximum absolute atomic E-state index is 12.3. The molecule has 1 amide bonds. The van der Waals surface area contributed by atoms with Crippen LogP contribution in [0.1, 0.15) is 47.8 Å². The first kappa shape index (κ1) is 33.6. The molecule has 3 aromatic heterocycles. The highest BCUT2D eigenvalue weighted by molar-refractivity contribution is 5.92. The molecule has 3 heterocycles. The summed E-state index contributed by atoms with van der Waals surface area (Å²) in [4.78, 5) is 34.7. The molecule has 10 nitrogen and oxygen atoms in total. The molecule has 0 aliphatic carbocycles. The Bertz CT molecular complexity index is 1380. The minimum Gasteiger partial charge on any atom is -0.360 e. The van der Waals surface area contributed by atoms with Gasteiger partial charge in [-0.25, -0.2) is 14.6 Å². The lowest BCUT2D eigenvalue weighted by atomic mass is 10.2. The Morgan fingerprint density at radius 2 is 1.76 bits per heavy atom. The van der Waals surface area contributed by atoms with Crippen molar-refractivity contribution in [2.45, 2.75) is 46.0 Å². The van der Waals surface area contributed by atoms with Gasteiger partial charge in [0.25, 0.3) is 5.91 Å². The van der Waals surface area contributed by atoms with E-state index in [9.17, 15) is 22.8 Å². The van der Waals surface area contributed by atoms with Gasteiger partial charge in [0, 0.05) is 38.1 Å². The van der Waals surface area contributed by atoms with Crippen LogP contribution in [0.15, 0.2) is 73.2 Å². The Kier molecular flexibility index (Phi) is 13.2.